The highest BCUT2D eigenvalue weighted by atomic mass is 32.2. The zero-order valence-corrected chi connectivity index (χ0v) is 13.6. The van der Waals surface area contributed by atoms with E-state index in [0.717, 1.165) is 9.87 Å². The van der Waals surface area contributed by atoms with Gasteiger partial charge in [-0.2, -0.15) is 8.70 Å². The summed E-state index contributed by atoms with van der Waals surface area (Å²) >= 11 is 0. The highest BCUT2D eigenvalue weighted by Gasteiger charge is 2.25. The smallest absolute Gasteiger partial charge is 0.329 e. The normalized spacial score (nSPS) is 11.8. The van der Waals surface area contributed by atoms with Crippen molar-refractivity contribution in [2.45, 2.75) is 18.5 Å². The zero-order valence-electron chi connectivity index (χ0n) is 12.8. The summed E-state index contributed by atoms with van der Waals surface area (Å²) in [6.45, 7) is 0.447. The van der Waals surface area contributed by atoms with E-state index in [1.165, 1.54) is 12.1 Å². The van der Waals surface area contributed by atoms with Gasteiger partial charge in [-0.1, -0.05) is 17.7 Å². The molecule has 0 bridgehead atoms. The molecule has 8 nitrogen and oxygen atoms in total. The van der Waals surface area contributed by atoms with Crippen molar-refractivity contribution in [3.8, 4) is 0 Å². The molecule has 0 radical (unpaired) electrons. The van der Waals surface area contributed by atoms with Crippen molar-refractivity contribution in [2.75, 3.05) is 13.2 Å². The number of rotatable bonds is 6. The van der Waals surface area contributed by atoms with Crippen molar-refractivity contribution >= 4 is 10.0 Å². The number of nitrogens with zero attached hydrogens (tertiary/aromatic N) is 2. The number of benzene rings is 1. The van der Waals surface area contributed by atoms with Crippen molar-refractivity contribution in [2.24, 2.45) is 0 Å². The lowest BCUT2D eigenvalue weighted by Crippen LogP contribution is -2.41. The van der Waals surface area contributed by atoms with E-state index in [-0.39, 0.29) is 11.4 Å². The van der Waals surface area contributed by atoms with E-state index in [1.807, 2.05) is 0 Å². The molecule has 0 amide bonds. The number of aromatic amines is 1. The molecule has 2 rings (SSSR count). The molecule has 0 saturated carbocycles. The fourth-order valence-electron chi connectivity index (χ4n) is 2.00. The van der Waals surface area contributed by atoms with Crippen LogP contribution in [0.25, 0.3) is 0 Å². The van der Waals surface area contributed by atoms with Gasteiger partial charge in [-0.15, -0.1) is 0 Å². The first kappa shape index (κ1) is 18.0. The number of aliphatic hydroxyl groups excluding tert-OH is 1. The minimum atomic E-state index is -4.02. The molecule has 1 aromatic carbocycles. The van der Waals surface area contributed by atoms with Crippen LogP contribution in [0.3, 0.4) is 0 Å². The molecule has 1 aromatic heterocycles. The number of hydrogen-bond acceptors (Lipinski definition) is 5. The Morgan fingerprint density at radius 3 is 2.46 bits per heavy atom. The maximum atomic E-state index is 13.3. The summed E-state index contributed by atoms with van der Waals surface area (Å²) in [4.78, 5) is 24.5. The molecule has 0 fully saturated rings. The minimum Gasteiger partial charge on any atom is -0.395 e. The second-order valence-electron chi connectivity index (χ2n) is 5.06. The second kappa shape index (κ2) is 7.07. The van der Waals surface area contributed by atoms with E-state index in [1.54, 1.807) is 24.0 Å². The molecule has 0 aliphatic heterocycles. The van der Waals surface area contributed by atoms with Gasteiger partial charge in [0.05, 0.1) is 24.4 Å². The summed E-state index contributed by atoms with van der Waals surface area (Å²) in [5.74, 6) is -1.22. The average molecular weight is 357 g/mol. The molecule has 0 aliphatic carbocycles. The van der Waals surface area contributed by atoms with E-state index in [9.17, 15) is 22.4 Å². The molecule has 0 spiro atoms. The van der Waals surface area contributed by atoms with Gasteiger partial charge in [-0.05, 0) is 19.1 Å². The van der Waals surface area contributed by atoms with Gasteiger partial charge < -0.3 is 5.11 Å². The van der Waals surface area contributed by atoms with Crippen LogP contribution in [-0.2, 0) is 16.7 Å². The van der Waals surface area contributed by atoms with Crippen molar-refractivity contribution in [3.63, 3.8) is 0 Å². The van der Waals surface area contributed by atoms with Crippen LogP contribution in [0.1, 0.15) is 5.56 Å². The maximum Gasteiger partial charge on any atom is 0.329 e. The third-order valence-corrected chi connectivity index (χ3v) is 5.13. The van der Waals surface area contributed by atoms with Crippen LogP contribution in [0.5, 0.6) is 0 Å². The van der Waals surface area contributed by atoms with Crippen LogP contribution in [0, 0.1) is 12.7 Å². The van der Waals surface area contributed by atoms with Gasteiger partial charge in [-0.25, -0.2) is 13.2 Å². The van der Waals surface area contributed by atoms with Crippen LogP contribution in [0.2, 0.25) is 0 Å². The lowest BCUT2D eigenvalue weighted by atomic mass is 10.2. The Morgan fingerprint density at radius 2 is 1.88 bits per heavy atom. The molecule has 0 atom stereocenters. The number of H-pyrrole nitrogens is 1. The molecular weight excluding hydrogens is 341 g/mol. The summed E-state index contributed by atoms with van der Waals surface area (Å²) < 4.78 is 40.1. The average Bonchev–Trinajstić information content (AvgIpc) is 2.52. The highest BCUT2D eigenvalue weighted by molar-refractivity contribution is 7.89. The molecule has 10 heteroatoms. The first-order valence-electron chi connectivity index (χ1n) is 6.92. The SMILES string of the molecule is Cc1ccc(S(=O)(=O)N(CCO)Cn2cc(F)c(=O)[nH]c2=O)cc1. The fourth-order valence-corrected chi connectivity index (χ4v) is 3.37. The molecule has 0 saturated heterocycles. The van der Waals surface area contributed by atoms with Crippen LogP contribution in [0.4, 0.5) is 4.39 Å². The topological polar surface area (TPSA) is 112 Å². The molecule has 0 unspecified atom stereocenters. The van der Waals surface area contributed by atoms with Crippen molar-refractivity contribution in [1.82, 2.24) is 13.9 Å². The van der Waals surface area contributed by atoms with E-state index >= 15 is 0 Å². The van der Waals surface area contributed by atoms with Gasteiger partial charge in [0.25, 0.3) is 5.56 Å². The van der Waals surface area contributed by atoms with E-state index in [2.05, 4.69) is 0 Å². The van der Waals surface area contributed by atoms with Crippen molar-refractivity contribution in [1.29, 1.82) is 0 Å². The third kappa shape index (κ3) is 3.78. The Labute approximate surface area is 136 Å². The number of hydrogen-bond donors (Lipinski definition) is 2. The number of nitrogens with one attached hydrogen (secondary N) is 1. The highest BCUT2D eigenvalue weighted by Crippen LogP contribution is 2.16. The van der Waals surface area contributed by atoms with Crippen molar-refractivity contribution < 1.29 is 17.9 Å². The van der Waals surface area contributed by atoms with E-state index in [4.69, 9.17) is 5.11 Å². The number of aromatic nitrogens is 2. The van der Waals surface area contributed by atoms with Gasteiger partial charge in [0.15, 0.2) is 0 Å². The Bertz CT molecular complexity index is 934. The Hall–Kier alpha value is -2.30. The minimum absolute atomic E-state index is 0.0282. The summed E-state index contributed by atoms with van der Waals surface area (Å²) in [6, 6.07) is 6.00. The first-order chi connectivity index (χ1) is 11.3. The molecule has 1 heterocycles. The van der Waals surface area contributed by atoms with Gasteiger partial charge in [-0.3, -0.25) is 14.3 Å². The predicted octanol–water partition coefficient (Wildman–Crippen LogP) is -0.375. The number of aryl methyl sites for hydroxylation is 1. The Kier molecular flexibility index (Phi) is 5.32. The maximum absolute atomic E-state index is 13.3. The monoisotopic (exact) mass is 357 g/mol. The number of halogens is 1. The summed E-state index contributed by atoms with van der Waals surface area (Å²) in [5, 5.41) is 9.11. The van der Waals surface area contributed by atoms with Crippen molar-refractivity contribution in [3.05, 3.63) is 62.7 Å². The van der Waals surface area contributed by atoms with Gasteiger partial charge in [0.1, 0.15) is 0 Å². The van der Waals surface area contributed by atoms with Gasteiger partial charge in [0.2, 0.25) is 15.8 Å². The molecule has 0 aliphatic rings. The first-order valence-corrected chi connectivity index (χ1v) is 8.36. The van der Waals surface area contributed by atoms with Crippen LogP contribution in [-0.4, -0.2) is 40.5 Å². The van der Waals surface area contributed by atoms with Crippen LogP contribution < -0.4 is 11.2 Å². The summed E-state index contributed by atoms with van der Waals surface area (Å²) in [7, 11) is -4.02. The van der Waals surface area contributed by atoms with Crippen LogP contribution in [0.15, 0.2) is 44.9 Å². The number of sulfonamides is 1. The summed E-state index contributed by atoms with van der Waals surface area (Å²) in [5.41, 5.74) is -1.28. The standard InChI is InChI=1S/C14H16FN3O5S/c1-10-2-4-11(5-3-10)24(22,23)18(6-7-19)9-17-8-12(15)13(20)16-14(17)21/h2-5,8,19H,6-7,9H2,1H3,(H,16,20,21). The molecule has 2 N–H and O–H groups in total. The lowest BCUT2D eigenvalue weighted by Gasteiger charge is -2.22. The third-order valence-electron chi connectivity index (χ3n) is 3.29. The molecule has 24 heavy (non-hydrogen) atoms. The second-order valence-corrected chi connectivity index (χ2v) is 7.00. The zero-order chi connectivity index (χ0) is 17.9. The Balaban J connectivity index is 2.42. The molecule has 130 valence electrons. The quantitative estimate of drug-likeness (QED) is 0.732. The van der Waals surface area contributed by atoms with Gasteiger partial charge in [0, 0.05) is 6.54 Å². The number of aliphatic hydroxyl groups is 1. The van der Waals surface area contributed by atoms with Gasteiger partial charge >= 0.3 is 5.69 Å². The predicted molar refractivity (Wildman–Crippen MR) is 83.4 cm³/mol. The molecule has 2 aromatic rings. The Morgan fingerprint density at radius 1 is 1.25 bits per heavy atom. The van der Waals surface area contributed by atoms with Crippen LogP contribution >= 0.6 is 0 Å². The summed E-state index contributed by atoms with van der Waals surface area (Å²) in [6.07, 6.45) is 0.621. The van der Waals surface area contributed by atoms with E-state index in [0.29, 0.717) is 10.8 Å². The molecular formula is C14H16FN3O5S. The van der Waals surface area contributed by atoms with E-state index < -0.39 is 40.4 Å². The lowest BCUT2D eigenvalue weighted by molar-refractivity contribution is 0.232. The fraction of sp³-hybridized carbons (Fsp3) is 0.286. The largest absolute Gasteiger partial charge is 0.395 e.